The fourth-order valence-corrected chi connectivity index (χ4v) is 3.89. The maximum atomic E-state index is 13.3. The molecule has 0 aromatic heterocycles. The van der Waals surface area contributed by atoms with Gasteiger partial charge in [0.1, 0.15) is 5.75 Å². The van der Waals surface area contributed by atoms with Gasteiger partial charge in [-0.1, -0.05) is 35.3 Å². The summed E-state index contributed by atoms with van der Waals surface area (Å²) in [5.74, 6) is -0.316. The molecule has 1 fully saturated rings. The van der Waals surface area contributed by atoms with Gasteiger partial charge in [-0.3, -0.25) is 4.79 Å². The van der Waals surface area contributed by atoms with Gasteiger partial charge in [-0.15, -0.1) is 0 Å². The van der Waals surface area contributed by atoms with Crippen molar-refractivity contribution in [2.24, 2.45) is 0 Å². The van der Waals surface area contributed by atoms with E-state index in [0.29, 0.717) is 47.4 Å². The molecule has 0 saturated carbocycles. The molecule has 1 heterocycles. The highest BCUT2D eigenvalue weighted by Gasteiger charge is 2.43. The SMILES string of the molecule is O=C(Nc1cccc(OCC(F)(F)F)c1)C1(c2ccc(Cl)cc2Cl)CCOCC1. The zero-order valence-corrected chi connectivity index (χ0v) is 16.7. The first-order chi connectivity index (χ1) is 13.7. The van der Waals surface area contributed by atoms with Gasteiger partial charge in [0.25, 0.3) is 0 Å². The van der Waals surface area contributed by atoms with E-state index in [1.165, 1.54) is 18.2 Å². The third kappa shape index (κ3) is 5.35. The lowest BCUT2D eigenvalue weighted by atomic mass is 9.73. The van der Waals surface area contributed by atoms with Crippen LogP contribution >= 0.6 is 23.2 Å². The molecule has 156 valence electrons. The van der Waals surface area contributed by atoms with Crippen molar-refractivity contribution in [2.45, 2.75) is 24.4 Å². The van der Waals surface area contributed by atoms with Gasteiger partial charge in [-0.05, 0) is 42.7 Å². The van der Waals surface area contributed by atoms with Crippen molar-refractivity contribution in [2.75, 3.05) is 25.1 Å². The normalized spacial score (nSPS) is 16.3. The van der Waals surface area contributed by atoms with Crippen LogP contribution in [0.2, 0.25) is 10.0 Å². The molecule has 0 aliphatic carbocycles. The fourth-order valence-electron chi connectivity index (χ4n) is 3.30. The summed E-state index contributed by atoms with van der Waals surface area (Å²) in [6.45, 7) is -0.658. The predicted molar refractivity (Wildman–Crippen MR) is 105 cm³/mol. The van der Waals surface area contributed by atoms with Crippen molar-refractivity contribution in [3.63, 3.8) is 0 Å². The highest BCUT2D eigenvalue weighted by Crippen LogP contribution is 2.40. The number of amides is 1. The highest BCUT2D eigenvalue weighted by atomic mass is 35.5. The number of hydrogen-bond acceptors (Lipinski definition) is 3. The van der Waals surface area contributed by atoms with Gasteiger partial charge >= 0.3 is 6.18 Å². The Morgan fingerprint density at radius 2 is 1.86 bits per heavy atom. The Morgan fingerprint density at radius 3 is 2.52 bits per heavy atom. The Balaban J connectivity index is 1.84. The summed E-state index contributed by atoms with van der Waals surface area (Å²) >= 11 is 12.4. The van der Waals surface area contributed by atoms with Gasteiger partial charge in [0.05, 0.1) is 5.41 Å². The Bertz CT molecular complexity index is 884. The van der Waals surface area contributed by atoms with Crippen molar-refractivity contribution in [3.8, 4) is 5.75 Å². The molecular weight excluding hydrogens is 430 g/mol. The van der Waals surface area contributed by atoms with Crippen molar-refractivity contribution in [3.05, 3.63) is 58.1 Å². The lowest BCUT2D eigenvalue weighted by Crippen LogP contribution is -2.45. The van der Waals surface area contributed by atoms with E-state index in [4.69, 9.17) is 32.7 Å². The minimum absolute atomic E-state index is 0.00526. The van der Waals surface area contributed by atoms with E-state index in [1.54, 1.807) is 24.3 Å². The summed E-state index contributed by atoms with van der Waals surface area (Å²) in [7, 11) is 0. The van der Waals surface area contributed by atoms with Crippen molar-refractivity contribution < 1.29 is 27.4 Å². The van der Waals surface area contributed by atoms with Gasteiger partial charge in [0, 0.05) is 35.0 Å². The summed E-state index contributed by atoms with van der Waals surface area (Å²) in [5.41, 5.74) is 0.0161. The second-order valence-electron chi connectivity index (χ2n) is 6.70. The van der Waals surface area contributed by atoms with E-state index in [-0.39, 0.29) is 11.7 Å². The highest BCUT2D eigenvalue weighted by molar-refractivity contribution is 6.35. The largest absolute Gasteiger partial charge is 0.484 e. The Hall–Kier alpha value is -1.96. The molecule has 1 aliphatic heterocycles. The molecule has 9 heteroatoms. The molecule has 2 aromatic rings. The molecule has 0 radical (unpaired) electrons. The molecule has 0 bridgehead atoms. The Kier molecular flexibility index (Phi) is 6.61. The van der Waals surface area contributed by atoms with E-state index in [9.17, 15) is 18.0 Å². The molecule has 0 atom stereocenters. The Morgan fingerprint density at radius 1 is 1.14 bits per heavy atom. The van der Waals surface area contributed by atoms with Crippen LogP contribution in [0.3, 0.4) is 0 Å². The summed E-state index contributed by atoms with van der Waals surface area (Å²) in [6, 6.07) is 10.8. The number of carbonyl (C=O) groups is 1. The second-order valence-corrected chi connectivity index (χ2v) is 7.55. The first-order valence-electron chi connectivity index (χ1n) is 8.84. The number of nitrogens with one attached hydrogen (secondary N) is 1. The van der Waals surface area contributed by atoms with E-state index < -0.39 is 18.2 Å². The van der Waals surface area contributed by atoms with Crippen LogP contribution < -0.4 is 10.1 Å². The number of ether oxygens (including phenoxy) is 2. The lowest BCUT2D eigenvalue weighted by Gasteiger charge is -2.36. The minimum Gasteiger partial charge on any atom is -0.484 e. The minimum atomic E-state index is -4.45. The molecule has 3 rings (SSSR count). The molecule has 0 spiro atoms. The van der Waals surface area contributed by atoms with Crippen LogP contribution in [0.1, 0.15) is 18.4 Å². The van der Waals surface area contributed by atoms with E-state index in [1.807, 2.05) is 0 Å². The van der Waals surface area contributed by atoms with E-state index in [2.05, 4.69) is 5.32 Å². The van der Waals surface area contributed by atoms with Gasteiger partial charge < -0.3 is 14.8 Å². The zero-order chi connectivity index (χ0) is 21.1. The van der Waals surface area contributed by atoms with Crippen LogP contribution in [0, 0.1) is 0 Å². The van der Waals surface area contributed by atoms with Gasteiger partial charge in [-0.2, -0.15) is 13.2 Å². The average Bonchev–Trinajstić information content (AvgIpc) is 2.66. The molecule has 0 unspecified atom stereocenters. The number of rotatable bonds is 5. The monoisotopic (exact) mass is 447 g/mol. The van der Waals surface area contributed by atoms with Crippen molar-refractivity contribution in [1.29, 1.82) is 0 Å². The molecule has 2 aromatic carbocycles. The molecular formula is C20H18Cl2F3NO3. The smallest absolute Gasteiger partial charge is 0.422 e. The topological polar surface area (TPSA) is 47.6 Å². The maximum absolute atomic E-state index is 13.3. The fraction of sp³-hybridized carbons (Fsp3) is 0.350. The molecule has 1 aliphatic rings. The Labute approximate surface area is 175 Å². The van der Waals surface area contributed by atoms with Crippen LogP contribution in [-0.4, -0.2) is 31.9 Å². The van der Waals surface area contributed by atoms with Crippen LogP contribution in [-0.2, 0) is 14.9 Å². The standard InChI is InChI=1S/C20H18Cl2F3NO3/c21-13-4-5-16(17(22)10-13)19(6-8-28-9-7-19)18(27)26-14-2-1-3-15(11-14)29-12-20(23,24)25/h1-5,10-11H,6-9,12H2,(H,26,27). The first kappa shape index (κ1) is 21.7. The molecule has 1 amide bonds. The third-order valence-corrected chi connectivity index (χ3v) is 5.27. The van der Waals surface area contributed by atoms with E-state index in [0.717, 1.165) is 0 Å². The summed E-state index contributed by atoms with van der Waals surface area (Å²) < 4.78 is 47.3. The second kappa shape index (κ2) is 8.81. The van der Waals surface area contributed by atoms with Crippen molar-refractivity contribution in [1.82, 2.24) is 0 Å². The number of carbonyl (C=O) groups excluding carboxylic acids is 1. The van der Waals surface area contributed by atoms with Crippen molar-refractivity contribution >= 4 is 34.8 Å². The van der Waals surface area contributed by atoms with Crippen LogP contribution in [0.5, 0.6) is 5.75 Å². The summed E-state index contributed by atoms with van der Waals surface area (Å²) in [6.07, 6.45) is -3.63. The first-order valence-corrected chi connectivity index (χ1v) is 9.60. The van der Waals surface area contributed by atoms with Crippen LogP contribution in [0.4, 0.5) is 18.9 Å². The molecule has 1 N–H and O–H groups in total. The molecule has 4 nitrogen and oxygen atoms in total. The number of halogens is 5. The maximum Gasteiger partial charge on any atom is 0.422 e. The predicted octanol–water partition coefficient (Wildman–Crippen LogP) is 5.62. The average molecular weight is 448 g/mol. The molecule has 1 saturated heterocycles. The number of anilines is 1. The summed E-state index contributed by atoms with van der Waals surface area (Å²) in [5, 5.41) is 3.61. The quantitative estimate of drug-likeness (QED) is 0.646. The number of benzene rings is 2. The number of hydrogen-bond donors (Lipinski definition) is 1. The summed E-state index contributed by atoms with van der Waals surface area (Å²) in [4.78, 5) is 13.3. The van der Waals surface area contributed by atoms with Gasteiger partial charge in [0.15, 0.2) is 6.61 Å². The van der Waals surface area contributed by atoms with Crippen LogP contribution in [0.15, 0.2) is 42.5 Å². The number of alkyl halides is 3. The zero-order valence-electron chi connectivity index (χ0n) is 15.2. The van der Waals surface area contributed by atoms with E-state index >= 15 is 0 Å². The third-order valence-electron chi connectivity index (χ3n) is 4.72. The molecule has 29 heavy (non-hydrogen) atoms. The lowest BCUT2D eigenvalue weighted by molar-refractivity contribution is -0.153. The van der Waals surface area contributed by atoms with Gasteiger partial charge in [-0.25, -0.2) is 0 Å². The van der Waals surface area contributed by atoms with Gasteiger partial charge in [0.2, 0.25) is 5.91 Å². The van der Waals surface area contributed by atoms with Crippen LogP contribution in [0.25, 0.3) is 0 Å².